The molecule has 7 N–H and O–H groups in total. The summed E-state index contributed by atoms with van der Waals surface area (Å²) in [5, 5.41) is 65.0. The van der Waals surface area contributed by atoms with Gasteiger partial charge in [0, 0.05) is 12.6 Å². The van der Waals surface area contributed by atoms with E-state index in [0.29, 0.717) is 0 Å². The predicted molar refractivity (Wildman–Crippen MR) is 68.9 cm³/mol. The van der Waals surface area contributed by atoms with Crippen molar-refractivity contribution in [1.82, 2.24) is 9.97 Å². The number of aliphatic hydroxyl groups is 7. The molecule has 0 aliphatic heterocycles. The van der Waals surface area contributed by atoms with Crippen LogP contribution in [0.5, 0.6) is 0 Å². The van der Waals surface area contributed by atoms with Gasteiger partial charge in [0.05, 0.1) is 36.9 Å². The fourth-order valence-electron chi connectivity index (χ4n) is 1.63. The molecular formula is C12H20N2O7. The number of hydrogen-bond donors (Lipinski definition) is 7. The van der Waals surface area contributed by atoms with Gasteiger partial charge in [0.2, 0.25) is 0 Å². The molecule has 0 aliphatic rings. The standard InChI is InChI=1S/C12H20N2O7/c15-4-9(18)8(17)1-6-2-13-3-7(14-6)11(20)12(21)10(19)5-16/h2-3,8-12,15-21H,1,4-5H2/t8-,9+,10+,11+,12+/m1/s1. The van der Waals surface area contributed by atoms with Crippen molar-refractivity contribution in [2.45, 2.75) is 36.9 Å². The Morgan fingerprint density at radius 1 is 0.857 bits per heavy atom. The molecule has 0 bridgehead atoms. The van der Waals surface area contributed by atoms with E-state index in [-0.39, 0.29) is 17.8 Å². The fourth-order valence-corrected chi connectivity index (χ4v) is 1.63. The van der Waals surface area contributed by atoms with Crippen molar-refractivity contribution in [3.63, 3.8) is 0 Å². The molecule has 0 saturated heterocycles. The smallest absolute Gasteiger partial charge is 0.126 e. The lowest BCUT2D eigenvalue weighted by atomic mass is 10.1. The normalized spacial score (nSPS) is 18.8. The Labute approximate surface area is 120 Å². The van der Waals surface area contributed by atoms with Gasteiger partial charge in [0.1, 0.15) is 24.4 Å². The van der Waals surface area contributed by atoms with Gasteiger partial charge in [-0.15, -0.1) is 0 Å². The third-order valence-electron chi connectivity index (χ3n) is 2.96. The molecular weight excluding hydrogens is 284 g/mol. The van der Waals surface area contributed by atoms with Crippen molar-refractivity contribution in [1.29, 1.82) is 0 Å². The molecule has 0 saturated carbocycles. The molecule has 0 spiro atoms. The summed E-state index contributed by atoms with van der Waals surface area (Å²) in [4.78, 5) is 7.73. The van der Waals surface area contributed by atoms with Crippen molar-refractivity contribution in [2.24, 2.45) is 0 Å². The van der Waals surface area contributed by atoms with Gasteiger partial charge < -0.3 is 35.7 Å². The van der Waals surface area contributed by atoms with Crippen LogP contribution in [0.4, 0.5) is 0 Å². The zero-order chi connectivity index (χ0) is 16.0. The van der Waals surface area contributed by atoms with Gasteiger partial charge in [0.25, 0.3) is 0 Å². The number of rotatable bonds is 8. The average molecular weight is 304 g/mol. The Morgan fingerprint density at radius 3 is 2.05 bits per heavy atom. The second-order valence-electron chi connectivity index (χ2n) is 4.64. The van der Waals surface area contributed by atoms with Crippen molar-refractivity contribution in [2.75, 3.05) is 13.2 Å². The molecule has 120 valence electrons. The van der Waals surface area contributed by atoms with Gasteiger partial charge in [-0.25, -0.2) is 0 Å². The van der Waals surface area contributed by atoms with E-state index in [2.05, 4.69) is 9.97 Å². The summed E-state index contributed by atoms with van der Waals surface area (Å²) < 4.78 is 0. The maximum Gasteiger partial charge on any atom is 0.126 e. The van der Waals surface area contributed by atoms with Gasteiger partial charge >= 0.3 is 0 Å². The minimum atomic E-state index is -1.65. The van der Waals surface area contributed by atoms with Crippen molar-refractivity contribution < 1.29 is 35.7 Å². The van der Waals surface area contributed by atoms with Gasteiger partial charge in [0.15, 0.2) is 0 Å². The number of aliphatic hydroxyl groups excluding tert-OH is 7. The quantitative estimate of drug-likeness (QED) is 0.257. The van der Waals surface area contributed by atoms with Gasteiger partial charge in [-0.2, -0.15) is 0 Å². The molecule has 0 amide bonds. The second kappa shape index (κ2) is 8.29. The number of hydrogen-bond acceptors (Lipinski definition) is 9. The van der Waals surface area contributed by atoms with E-state index in [9.17, 15) is 25.5 Å². The molecule has 0 aromatic carbocycles. The molecule has 1 aromatic rings. The summed E-state index contributed by atoms with van der Waals surface area (Å²) in [6.07, 6.45) is -5.01. The summed E-state index contributed by atoms with van der Waals surface area (Å²) in [6, 6.07) is 0. The zero-order valence-corrected chi connectivity index (χ0v) is 11.2. The summed E-state index contributed by atoms with van der Waals surface area (Å²) >= 11 is 0. The molecule has 1 heterocycles. The van der Waals surface area contributed by atoms with Crippen LogP contribution in [-0.4, -0.2) is 83.3 Å². The molecule has 9 nitrogen and oxygen atoms in total. The van der Waals surface area contributed by atoms with Gasteiger partial charge in [-0.1, -0.05) is 0 Å². The van der Waals surface area contributed by atoms with Crippen LogP contribution in [0.15, 0.2) is 12.4 Å². The van der Waals surface area contributed by atoms with E-state index < -0.39 is 43.7 Å². The highest BCUT2D eigenvalue weighted by Gasteiger charge is 2.27. The SMILES string of the molecule is OC[C@H](O)[C@H](O)[C@@H](O)c1cncc(C[C@@H](O)[C@@H](O)CO)n1. The maximum atomic E-state index is 9.83. The topological polar surface area (TPSA) is 167 Å². The summed E-state index contributed by atoms with van der Waals surface area (Å²) in [7, 11) is 0. The molecule has 5 atom stereocenters. The molecule has 9 heteroatoms. The highest BCUT2D eigenvalue weighted by Crippen LogP contribution is 2.17. The van der Waals surface area contributed by atoms with E-state index in [0.717, 1.165) is 6.20 Å². The summed E-state index contributed by atoms with van der Waals surface area (Å²) in [5.74, 6) is 0. The minimum absolute atomic E-state index is 0.0572. The molecule has 0 radical (unpaired) electrons. The third kappa shape index (κ3) is 4.93. The Morgan fingerprint density at radius 2 is 1.48 bits per heavy atom. The second-order valence-corrected chi connectivity index (χ2v) is 4.64. The number of aromatic nitrogens is 2. The first kappa shape index (κ1) is 17.9. The molecule has 0 unspecified atom stereocenters. The predicted octanol–water partition coefficient (Wildman–Crippen LogP) is -3.52. The highest BCUT2D eigenvalue weighted by atomic mass is 16.4. The first-order valence-corrected chi connectivity index (χ1v) is 6.33. The van der Waals surface area contributed by atoms with Crippen LogP contribution in [0, 0.1) is 0 Å². The molecule has 0 fully saturated rings. The lowest BCUT2D eigenvalue weighted by Crippen LogP contribution is -2.35. The summed E-state index contributed by atoms with van der Waals surface area (Å²) in [5.41, 5.74) is 0.162. The van der Waals surface area contributed by atoms with Crippen LogP contribution in [0.2, 0.25) is 0 Å². The Bertz CT molecular complexity index is 434. The van der Waals surface area contributed by atoms with E-state index in [1.165, 1.54) is 6.20 Å². The van der Waals surface area contributed by atoms with Crippen LogP contribution in [-0.2, 0) is 6.42 Å². The van der Waals surface area contributed by atoms with Crippen LogP contribution >= 0.6 is 0 Å². The lowest BCUT2D eigenvalue weighted by molar-refractivity contribution is -0.0791. The molecule has 1 rings (SSSR count). The fraction of sp³-hybridized carbons (Fsp3) is 0.667. The van der Waals surface area contributed by atoms with Crippen LogP contribution < -0.4 is 0 Å². The Balaban J connectivity index is 2.80. The number of nitrogens with zero attached hydrogens (tertiary/aromatic N) is 2. The lowest BCUT2D eigenvalue weighted by Gasteiger charge is -2.21. The summed E-state index contributed by atoms with van der Waals surface area (Å²) in [6.45, 7) is -1.34. The molecule has 1 aromatic heterocycles. The Hall–Kier alpha value is -1.20. The molecule has 0 aliphatic carbocycles. The third-order valence-corrected chi connectivity index (χ3v) is 2.96. The van der Waals surface area contributed by atoms with Crippen LogP contribution in [0.25, 0.3) is 0 Å². The van der Waals surface area contributed by atoms with Gasteiger partial charge in [-0.05, 0) is 0 Å². The minimum Gasteiger partial charge on any atom is -0.394 e. The van der Waals surface area contributed by atoms with E-state index in [1.54, 1.807) is 0 Å². The van der Waals surface area contributed by atoms with Crippen LogP contribution in [0.3, 0.4) is 0 Å². The van der Waals surface area contributed by atoms with Gasteiger partial charge in [-0.3, -0.25) is 9.97 Å². The van der Waals surface area contributed by atoms with Crippen molar-refractivity contribution >= 4 is 0 Å². The maximum absolute atomic E-state index is 9.83. The first-order valence-electron chi connectivity index (χ1n) is 6.33. The van der Waals surface area contributed by atoms with Crippen molar-refractivity contribution in [3.05, 3.63) is 23.8 Å². The molecule has 21 heavy (non-hydrogen) atoms. The largest absolute Gasteiger partial charge is 0.394 e. The van der Waals surface area contributed by atoms with E-state index >= 15 is 0 Å². The van der Waals surface area contributed by atoms with E-state index in [1.807, 2.05) is 0 Å². The van der Waals surface area contributed by atoms with E-state index in [4.69, 9.17) is 10.2 Å². The Kier molecular flexibility index (Phi) is 7.05. The highest BCUT2D eigenvalue weighted by molar-refractivity contribution is 5.09. The zero-order valence-electron chi connectivity index (χ0n) is 11.2. The van der Waals surface area contributed by atoms with Crippen LogP contribution in [0.1, 0.15) is 17.5 Å². The monoisotopic (exact) mass is 304 g/mol. The first-order chi connectivity index (χ1) is 9.90. The average Bonchev–Trinajstić information content (AvgIpc) is 2.51. The van der Waals surface area contributed by atoms with Crippen molar-refractivity contribution in [3.8, 4) is 0 Å².